The second-order valence-electron chi connectivity index (χ2n) is 18.9. The molecule has 4 aliphatic rings. The maximum atomic E-state index is 8.47. The number of benzene rings is 6. The first-order valence-corrected chi connectivity index (χ1v) is 28.9. The third kappa shape index (κ3) is 11.4. The number of halogens is 4. The molecular weight excluding hydrogens is 1300 g/mol. The van der Waals surface area contributed by atoms with Gasteiger partial charge < -0.3 is 14.4 Å². The Kier molecular flexibility index (Phi) is 17.4. The number of aromatic nitrogens is 2. The zero-order chi connectivity index (χ0) is 55.8. The van der Waals surface area contributed by atoms with Crippen LogP contribution in [0.4, 0.5) is 0 Å². The first kappa shape index (κ1) is 53.4. The van der Waals surface area contributed by atoms with Crippen LogP contribution in [0.25, 0.3) is 55.2 Å². The van der Waals surface area contributed by atoms with Crippen molar-refractivity contribution in [1.82, 2.24) is 9.97 Å². The van der Waals surface area contributed by atoms with E-state index in [1.54, 1.807) is 11.3 Å². The van der Waals surface area contributed by atoms with Crippen molar-refractivity contribution in [3.05, 3.63) is 254 Å². The molecule has 386 valence electrons. The molecule has 14 rings (SSSR count). The Morgan fingerprint density at radius 1 is 0.506 bits per heavy atom. The van der Waals surface area contributed by atoms with Crippen LogP contribution in [-0.2, 0) is 67.4 Å². The molecule has 4 heterocycles. The van der Waals surface area contributed by atoms with Crippen molar-refractivity contribution in [2.45, 2.75) is 50.4 Å². The third-order valence-electron chi connectivity index (χ3n) is 14.7. The molecule has 0 aliphatic heterocycles. The summed E-state index contributed by atoms with van der Waals surface area (Å²) in [6, 6.07) is 62.3. The normalized spacial score (nSPS) is 14.9. The summed E-state index contributed by atoms with van der Waals surface area (Å²) >= 11 is 17.6. The molecule has 0 fully saturated rings. The molecule has 0 radical (unpaired) electrons. The fourth-order valence-electron chi connectivity index (χ4n) is 11.6. The van der Waals surface area contributed by atoms with Gasteiger partial charge in [0.25, 0.3) is 0 Å². The number of fused-ring (bicyclic) bond motifs is 12. The minimum Gasteiger partial charge on any atom is -0.545 e. The second-order valence-corrected chi connectivity index (χ2v) is 25.9. The Labute approximate surface area is 506 Å². The van der Waals surface area contributed by atoms with E-state index in [0.29, 0.717) is 0 Å². The standard InChI is InChI=1S/C32H25NS.C26H17Br2N.C4H2Br2S.CH2O.2CHO.Ni/c1-20-6-11-26-27-12-10-23(31-13-7-21(2)34-31)17-29(27)32(28(26)15-20)18-24-9-8-22(16-25(24)19-32)30-5-3-4-14-33-30;27-19-6-8-21-22-9-7-20(28)13-24(22)26(23(21)12-19)14-17-5-4-16(11-18(17)15-26)25-3-1-2-10-29-25;5-3-1-2-4(6)7-3;3*1-2;/h3-17H,18-19H2,1-2H3;1-13H,14-15H2;1-2H;1H2;2*1H;/q;;;;2*-1;+2/i;;;3*1D;. The molecule has 4 aromatic heterocycles. The van der Waals surface area contributed by atoms with Crippen LogP contribution in [0.3, 0.4) is 0 Å². The maximum Gasteiger partial charge on any atom is 2.00 e. The molecule has 77 heavy (non-hydrogen) atoms. The van der Waals surface area contributed by atoms with Crippen LogP contribution in [-0.4, -0.2) is 30.3 Å². The van der Waals surface area contributed by atoms with Crippen LogP contribution in [0.15, 0.2) is 199 Å². The smallest absolute Gasteiger partial charge is 0.545 e. The van der Waals surface area contributed by atoms with Gasteiger partial charge >= 0.3 is 16.5 Å². The predicted molar refractivity (Wildman–Crippen MR) is 328 cm³/mol. The number of thiophene rings is 2. The minimum atomic E-state index is 0. The molecule has 12 heteroatoms. The summed E-state index contributed by atoms with van der Waals surface area (Å²) in [6.45, 7) is 5.91. The molecular formula is C65H48Br4N2NiO3S2. The van der Waals surface area contributed by atoms with E-state index in [4.69, 9.17) is 18.5 Å². The number of hydrogen-bond acceptors (Lipinski definition) is 7. The number of rotatable bonds is 3. The zero-order valence-electron chi connectivity index (χ0n) is 44.5. The van der Waals surface area contributed by atoms with Crippen molar-refractivity contribution in [3.8, 4) is 55.2 Å². The number of pyridine rings is 2. The first-order valence-electron chi connectivity index (χ1n) is 25.7. The van der Waals surface area contributed by atoms with Crippen molar-refractivity contribution in [2.75, 3.05) is 0 Å². The number of nitrogens with zero attached hydrogens (tertiary/aromatic N) is 2. The van der Waals surface area contributed by atoms with Gasteiger partial charge in [0.1, 0.15) is 8.14 Å². The largest absolute Gasteiger partial charge is 2.00 e. The molecule has 2 spiro atoms. The molecule has 0 saturated heterocycles. The van der Waals surface area contributed by atoms with Crippen LogP contribution < -0.4 is 0 Å². The Hall–Kier alpha value is -5.56. The van der Waals surface area contributed by atoms with Gasteiger partial charge in [-0.2, -0.15) is 2.74 Å². The minimum absolute atomic E-state index is 0. The topological polar surface area (TPSA) is 77.0 Å². The number of aryl methyl sites for hydroxylation is 2. The van der Waals surface area contributed by atoms with Crippen molar-refractivity contribution in [2.24, 2.45) is 0 Å². The molecule has 5 nitrogen and oxygen atoms in total. The molecule has 10 aromatic rings. The molecule has 0 amide bonds. The molecule has 1 atom stereocenters. The Balaban J connectivity index is 0.000000165. The first-order chi connectivity index (χ1) is 38.3. The zero-order valence-corrected chi connectivity index (χ0v) is 50.5. The number of hydrogen-bond donors (Lipinski definition) is 0. The van der Waals surface area contributed by atoms with Gasteiger partial charge in [0.15, 0.2) is 0 Å². The van der Waals surface area contributed by atoms with Gasteiger partial charge in [-0.15, -0.1) is 22.7 Å². The van der Waals surface area contributed by atoms with Crippen LogP contribution in [0, 0.1) is 13.8 Å². The van der Waals surface area contributed by atoms with Crippen LogP contribution in [0.2, 0.25) is 0 Å². The summed E-state index contributed by atoms with van der Waals surface area (Å²) < 4.78 is 21.0. The molecule has 6 aromatic carbocycles. The molecule has 0 bridgehead atoms. The van der Waals surface area contributed by atoms with E-state index in [0.717, 1.165) is 59.5 Å². The Morgan fingerprint density at radius 3 is 1.36 bits per heavy atom. The second kappa shape index (κ2) is 25.1. The van der Waals surface area contributed by atoms with E-state index in [9.17, 15) is 0 Å². The SMILES string of the molecule is Brc1ccc(Br)s1.Brc1ccc2c(c1)C1(Cc3ccc(-c4ccccn4)cc3C1)c1cc(Br)ccc1-2.Cc1ccc2c(c1)C1(Cc3ccc(-c4ccccn4)cc3C1)c1cc(-c3ccc(C)s3)ccc1-2.[2H]C=O.[2H][C-]=O.[2H][C-]=O.[Ni+2]. The fourth-order valence-corrected chi connectivity index (χ4v) is 15.6. The van der Waals surface area contributed by atoms with Gasteiger partial charge in [0, 0.05) is 53.1 Å². The van der Waals surface area contributed by atoms with Crippen molar-refractivity contribution in [1.29, 1.82) is 0 Å². The maximum absolute atomic E-state index is 8.47. The van der Waals surface area contributed by atoms with Crippen molar-refractivity contribution < 1.29 is 35.0 Å². The van der Waals surface area contributed by atoms with Gasteiger partial charge in [-0.05, 0) is 235 Å². The Bertz CT molecular complexity index is 3780. The van der Waals surface area contributed by atoms with E-state index in [1.807, 2.05) is 48.0 Å². The summed E-state index contributed by atoms with van der Waals surface area (Å²) in [7, 11) is 0. The van der Waals surface area contributed by atoms with E-state index in [-0.39, 0.29) is 34.1 Å². The summed E-state index contributed by atoms with van der Waals surface area (Å²) in [5.41, 5.74) is 24.4. The van der Waals surface area contributed by atoms with E-state index in [2.05, 4.69) is 233 Å². The van der Waals surface area contributed by atoms with E-state index in [1.165, 1.54) is 106 Å². The third-order valence-corrected chi connectivity index (χ3v) is 18.9. The van der Waals surface area contributed by atoms with Crippen molar-refractivity contribution in [3.63, 3.8) is 0 Å². The number of carbonyl (C=O) groups excluding carboxylic acids is 3. The summed E-state index contributed by atoms with van der Waals surface area (Å²) in [4.78, 5) is 37.0. The van der Waals surface area contributed by atoms with Crippen LogP contribution in [0.5, 0.6) is 0 Å². The molecule has 0 N–H and O–H groups in total. The van der Waals surface area contributed by atoms with Crippen LogP contribution >= 0.6 is 86.4 Å². The van der Waals surface area contributed by atoms with Gasteiger partial charge in [-0.3, -0.25) is 23.5 Å². The van der Waals surface area contributed by atoms with Gasteiger partial charge in [0.2, 0.25) is 0 Å². The predicted octanol–water partition coefficient (Wildman–Crippen LogP) is 18.0. The average molecular weight is 1350 g/mol. The molecule has 1 unspecified atom stereocenters. The monoisotopic (exact) mass is 1340 g/mol. The van der Waals surface area contributed by atoms with E-state index < -0.39 is 0 Å². The van der Waals surface area contributed by atoms with Gasteiger partial charge in [0.05, 0.1) is 19.0 Å². The van der Waals surface area contributed by atoms with E-state index >= 15 is 0 Å². The Morgan fingerprint density at radius 2 is 0.935 bits per heavy atom. The van der Waals surface area contributed by atoms with Gasteiger partial charge in [-0.25, -0.2) is 0 Å². The number of carbonyl (C=O) groups is 1. The quantitative estimate of drug-likeness (QED) is 0.100. The van der Waals surface area contributed by atoms with Gasteiger partial charge in [-0.1, -0.05) is 116 Å². The fraction of sp³-hybridized carbons (Fsp3) is 0.123. The summed E-state index contributed by atoms with van der Waals surface area (Å²) in [6.07, 6.45) is 7.90. The van der Waals surface area contributed by atoms with Crippen LogP contribution in [0.1, 0.15) is 59.1 Å². The van der Waals surface area contributed by atoms with Crippen molar-refractivity contribution >= 4 is 107 Å². The summed E-state index contributed by atoms with van der Waals surface area (Å²) in [5.74, 6) is 0. The average Bonchev–Trinajstić information content (AvgIpc) is 4.44. The molecule has 4 aliphatic carbocycles. The molecule has 0 saturated carbocycles. The summed E-state index contributed by atoms with van der Waals surface area (Å²) in [5, 5.41) is 0.